The fourth-order valence-corrected chi connectivity index (χ4v) is 3.26. The Morgan fingerprint density at radius 1 is 0.893 bits per heavy atom. The molecule has 4 heteroatoms. The number of rotatable bonds is 7. The van der Waals surface area contributed by atoms with E-state index in [0.717, 1.165) is 34.0 Å². The molecule has 138 valence electrons. The Balaban J connectivity index is 1.54. The van der Waals surface area contributed by atoms with Gasteiger partial charge in [0.2, 0.25) is 0 Å². The largest absolute Gasteiger partial charge is 0.487 e. The van der Waals surface area contributed by atoms with Crippen LogP contribution in [0.4, 0.5) is 0 Å². The molecule has 0 saturated heterocycles. The van der Waals surface area contributed by atoms with E-state index in [0.29, 0.717) is 18.8 Å². The molecule has 4 rings (SSSR count). The number of hydrogen-bond donors (Lipinski definition) is 0. The number of aldehydes is 1. The maximum absolute atomic E-state index is 11.8. The van der Waals surface area contributed by atoms with Crippen LogP contribution < -0.4 is 4.74 Å². The van der Waals surface area contributed by atoms with Gasteiger partial charge in [0.15, 0.2) is 0 Å². The second kappa shape index (κ2) is 8.44. The number of ether oxygens (including phenoxy) is 1. The lowest BCUT2D eigenvalue weighted by atomic mass is 9.93. The average Bonchev–Trinajstić information content (AvgIpc) is 2.77. The lowest BCUT2D eigenvalue weighted by molar-refractivity contribution is -0.109. The van der Waals surface area contributed by atoms with Gasteiger partial charge in [0.25, 0.3) is 0 Å². The SMILES string of the molecule is O=CC(Cc1ccncc1)c1ccccc1OCc1ccc2ccccc2n1. The zero-order valence-electron chi connectivity index (χ0n) is 15.4. The van der Waals surface area contributed by atoms with Crippen molar-refractivity contribution < 1.29 is 9.53 Å². The van der Waals surface area contributed by atoms with Crippen molar-refractivity contribution in [3.8, 4) is 5.75 Å². The maximum Gasteiger partial charge on any atom is 0.130 e. The highest BCUT2D eigenvalue weighted by molar-refractivity contribution is 5.78. The van der Waals surface area contributed by atoms with Gasteiger partial charge in [-0.15, -0.1) is 0 Å². The Kier molecular flexibility index (Phi) is 5.38. The molecule has 0 fully saturated rings. The molecule has 1 unspecified atom stereocenters. The van der Waals surface area contributed by atoms with Crippen LogP contribution in [0.15, 0.2) is 85.2 Å². The van der Waals surface area contributed by atoms with E-state index < -0.39 is 0 Å². The van der Waals surface area contributed by atoms with Crippen molar-refractivity contribution in [1.29, 1.82) is 0 Å². The molecule has 2 aromatic heterocycles. The van der Waals surface area contributed by atoms with Crippen molar-refractivity contribution in [2.75, 3.05) is 0 Å². The van der Waals surface area contributed by atoms with Gasteiger partial charge < -0.3 is 9.53 Å². The Morgan fingerprint density at radius 3 is 2.54 bits per heavy atom. The third-order valence-corrected chi connectivity index (χ3v) is 4.72. The number of aromatic nitrogens is 2. The molecule has 28 heavy (non-hydrogen) atoms. The number of carbonyl (C=O) groups excluding carboxylic acids is 1. The number of fused-ring (bicyclic) bond motifs is 1. The highest BCUT2D eigenvalue weighted by atomic mass is 16.5. The Morgan fingerprint density at radius 2 is 1.68 bits per heavy atom. The number of para-hydroxylation sites is 2. The molecule has 0 aliphatic heterocycles. The summed E-state index contributed by atoms with van der Waals surface area (Å²) in [5, 5.41) is 1.10. The summed E-state index contributed by atoms with van der Waals surface area (Å²) in [5.74, 6) is 0.437. The lowest BCUT2D eigenvalue weighted by Gasteiger charge is -2.16. The highest BCUT2D eigenvalue weighted by Gasteiger charge is 2.16. The Hall–Kier alpha value is -3.53. The van der Waals surface area contributed by atoms with E-state index in [1.165, 1.54) is 0 Å². The minimum Gasteiger partial charge on any atom is -0.487 e. The molecule has 0 N–H and O–H groups in total. The lowest BCUT2D eigenvalue weighted by Crippen LogP contribution is -2.08. The summed E-state index contributed by atoms with van der Waals surface area (Å²) in [6.07, 6.45) is 5.08. The van der Waals surface area contributed by atoms with E-state index in [-0.39, 0.29) is 5.92 Å². The van der Waals surface area contributed by atoms with Crippen molar-refractivity contribution in [2.24, 2.45) is 0 Å². The fourth-order valence-electron chi connectivity index (χ4n) is 3.26. The molecule has 0 spiro atoms. The smallest absolute Gasteiger partial charge is 0.130 e. The van der Waals surface area contributed by atoms with E-state index in [9.17, 15) is 4.79 Å². The first-order valence-electron chi connectivity index (χ1n) is 9.24. The molecule has 4 nitrogen and oxygen atoms in total. The van der Waals surface area contributed by atoms with Crippen LogP contribution in [-0.2, 0) is 17.8 Å². The van der Waals surface area contributed by atoms with Gasteiger partial charge in [0.05, 0.1) is 11.2 Å². The van der Waals surface area contributed by atoms with Crippen molar-refractivity contribution in [1.82, 2.24) is 9.97 Å². The van der Waals surface area contributed by atoms with E-state index in [1.54, 1.807) is 12.4 Å². The van der Waals surface area contributed by atoms with Crippen LogP contribution >= 0.6 is 0 Å². The highest BCUT2D eigenvalue weighted by Crippen LogP contribution is 2.28. The summed E-state index contributed by atoms with van der Waals surface area (Å²) < 4.78 is 6.06. The first-order chi connectivity index (χ1) is 13.8. The van der Waals surface area contributed by atoms with Crippen LogP contribution in [0.2, 0.25) is 0 Å². The second-order valence-corrected chi connectivity index (χ2v) is 6.62. The van der Waals surface area contributed by atoms with Crippen molar-refractivity contribution in [3.63, 3.8) is 0 Å². The summed E-state index contributed by atoms with van der Waals surface area (Å²) in [7, 11) is 0. The van der Waals surface area contributed by atoms with Gasteiger partial charge in [0, 0.05) is 29.3 Å². The Labute approximate surface area is 163 Å². The van der Waals surface area contributed by atoms with E-state index in [1.807, 2.05) is 72.8 Å². The van der Waals surface area contributed by atoms with Gasteiger partial charge in [-0.25, -0.2) is 4.98 Å². The first kappa shape index (κ1) is 17.9. The molecule has 4 aromatic rings. The average molecular weight is 368 g/mol. The molecule has 0 aliphatic rings. The number of hydrogen-bond acceptors (Lipinski definition) is 4. The predicted octanol–water partition coefficient (Wildman–Crippen LogP) is 4.73. The minimum atomic E-state index is -0.275. The Bertz CT molecular complexity index is 1080. The maximum atomic E-state index is 11.8. The first-order valence-corrected chi connectivity index (χ1v) is 9.24. The normalized spacial score (nSPS) is 11.9. The summed E-state index contributed by atoms with van der Waals surface area (Å²) in [5.41, 5.74) is 3.75. The molecule has 2 heterocycles. The summed E-state index contributed by atoms with van der Waals surface area (Å²) in [6.45, 7) is 0.350. The van der Waals surface area contributed by atoms with Crippen LogP contribution in [0.1, 0.15) is 22.7 Å². The van der Waals surface area contributed by atoms with Gasteiger partial charge >= 0.3 is 0 Å². The molecule has 0 radical (unpaired) electrons. The van der Waals surface area contributed by atoms with E-state index in [2.05, 4.69) is 9.97 Å². The molecular formula is C24H20N2O2. The number of nitrogens with zero attached hydrogens (tertiary/aromatic N) is 2. The van der Waals surface area contributed by atoms with Gasteiger partial charge in [-0.2, -0.15) is 0 Å². The zero-order valence-corrected chi connectivity index (χ0v) is 15.4. The van der Waals surface area contributed by atoms with Crippen LogP contribution in [0.5, 0.6) is 5.75 Å². The van der Waals surface area contributed by atoms with Gasteiger partial charge in [-0.05, 0) is 42.3 Å². The topological polar surface area (TPSA) is 52.1 Å². The van der Waals surface area contributed by atoms with Crippen LogP contribution in [0.3, 0.4) is 0 Å². The van der Waals surface area contributed by atoms with Crippen LogP contribution in [0, 0.1) is 0 Å². The molecule has 0 saturated carbocycles. The van der Waals surface area contributed by atoms with E-state index >= 15 is 0 Å². The molecular weight excluding hydrogens is 348 g/mol. The number of carbonyl (C=O) groups is 1. The molecule has 0 amide bonds. The number of benzene rings is 2. The monoisotopic (exact) mass is 368 g/mol. The van der Waals surface area contributed by atoms with Crippen LogP contribution in [-0.4, -0.2) is 16.3 Å². The van der Waals surface area contributed by atoms with Gasteiger partial charge in [-0.1, -0.05) is 42.5 Å². The van der Waals surface area contributed by atoms with Crippen molar-refractivity contribution in [2.45, 2.75) is 18.9 Å². The molecule has 2 aromatic carbocycles. The van der Waals surface area contributed by atoms with Crippen molar-refractivity contribution >= 4 is 17.2 Å². The zero-order chi connectivity index (χ0) is 19.2. The molecule has 0 aliphatic carbocycles. The third kappa shape index (κ3) is 4.07. The predicted molar refractivity (Wildman–Crippen MR) is 109 cm³/mol. The second-order valence-electron chi connectivity index (χ2n) is 6.62. The van der Waals surface area contributed by atoms with Gasteiger partial charge in [-0.3, -0.25) is 4.98 Å². The van der Waals surface area contributed by atoms with Crippen molar-refractivity contribution in [3.05, 3.63) is 102 Å². The number of pyridine rings is 2. The van der Waals surface area contributed by atoms with Crippen LogP contribution in [0.25, 0.3) is 10.9 Å². The van der Waals surface area contributed by atoms with Gasteiger partial charge in [0.1, 0.15) is 18.6 Å². The standard InChI is InChI=1S/C24H20N2O2/c27-16-20(15-18-11-13-25-14-12-18)22-6-2-4-8-24(22)28-17-21-10-9-19-5-1-3-7-23(19)26-21/h1-14,16,20H,15,17H2. The van der Waals surface area contributed by atoms with E-state index in [4.69, 9.17) is 4.74 Å². The quantitative estimate of drug-likeness (QED) is 0.442. The third-order valence-electron chi connectivity index (χ3n) is 4.72. The summed E-state index contributed by atoms with van der Waals surface area (Å²) in [6, 6.07) is 23.6. The molecule has 0 bridgehead atoms. The minimum absolute atomic E-state index is 0.275. The fraction of sp³-hybridized carbons (Fsp3) is 0.125. The summed E-state index contributed by atoms with van der Waals surface area (Å²) >= 11 is 0. The molecule has 1 atom stereocenters. The summed E-state index contributed by atoms with van der Waals surface area (Å²) in [4.78, 5) is 20.5.